The molecular formula is C10H20O3. The molecule has 78 valence electrons. The predicted octanol–water partition coefficient (Wildman–Crippen LogP) is 1.55. The van der Waals surface area contributed by atoms with E-state index >= 15 is 0 Å². The van der Waals surface area contributed by atoms with Gasteiger partial charge in [0.15, 0.2) is 6.29 Å². The lowest BCUT2D eigenvalue weighted by Crippen LogP contribution is -2.33. The molecule has 0 unspecified atom stereocenters. The van der Waals surface area contributed by atoms with Crippen LogP contribution in [0, 0.1) is 5.92 Å². The molecule has 0 amide bonds. The molecule has 0 aromatic rings. The summed E-state index contributed by atoms with van der Waals surface area (Å²) in [6, 6.07) is 0. The van der Waals surface area contributed by atoms with Gasteiger partial charge in [-0.1, -0.05) is 13.8 Å². The highest BCUT2D eigenvalue weighted by molar-refractivity contribution is 4.63. The van der Waals surface area contributed by atoms with Crippen molar-refractivity contribution in [2.45, 2.75) is 45.5 Å². The third kappa shape index (κ3) is 3.63. The maximum Gasteiger partial charge on any atom is 0.158 e. The Morgan fingerprint density at radius 2 is 2.23 bits per heavy atom. The van der Waals surface area contributed by atoms with Crippen LogP contribution in [0.2, 0.25) is 0 Å². The van der Waals surface area contributed by atoms with Crippen LogP contribution < -0.4 is 0 Å². The van der Waals surface area contributed by atoms with Gasteiger partial charge in [0.25, 0.3) is 0 Å². The Morgan fingerprint density at radius 3 is 2.69 bits per heavy atom. The summed E-state index contributed by atoms with van der Waals surface area (Å²) in [7, 11) is 0. The molecule has 13 heavy (non-hydrogen) atoms. The third-order valence-corrected chi connectivity index (χ3v) is 2.39. The Kier molecular flexibility index (Phi) is 4.70. The van der Waals surface area contributed by atoms with E-state index < -0.39 is 0 Å². The first-order valence-corrected chi connectivity index (χ1v) is 5.12. The molecule has 1 N–H and O–H groups in total. The summed E-state index contributed by atoms with van der Waals surface area (Å²) in [6.45, 7) is 4.96. The van der Waals surface area contributed by atoms with Crippen LogP contribution >= 0.6 is 0 Å². The minimum atomic E-state index is -0.0895. The summed E-state index contributed by atoms with van der Waals surface area (Å²) < 4.78 is 11.1. The van der Waals surface area contributed by atoms with Crippen LogP contribution in [0.4, 0.5) is 0 Å². The van der Waals surface area contributed by atoms with Crippen molar-refractivity contribution in [2.24, 2.45) is 5.92 Å². The van der Waals surface area contributed by atoms with E-state index in [1.807, 2.05) is 13.8 Å². The third-order valence-electron chi connectivity index (χ3n) is 2.39. The standard InChI is InChI=1S/C10H20O3/c1-8(2)9(7-11)13-10-5-3-4-6-12-10/h8-11H,3-7H2,1-2H3/t9-,10+/m1/s1. The first kappa shape index (κ1) is 11.0. The van der Waals surface area contributed by atoms with E-state index in [2.05, 4.69) is 0 Å². The number of aliphatic hydroxyl groups is 1. The van der Waals surface area contributed by atoms with Crippen LogP contribution in [-0.2, 0) is 9.47 Å². The van der Waals surface area contributed by atoms with Crippen molar-refractivity contribution in [1.29, 1.82) is 0 Å². The summed E-state index contributed by atoms with van der Waals surface area (Å²) in [6.07, 6.45) is 3.09. The molecule has 0 spiro atoms. The van der Waals surface area contributed by atoms with E-state index in [-0.39, 0.29) is 19.0 Å². The van der Waals surface area contributed by atoms with Crippen LogP contribution in [0.15, 0.2) is 0 Å². The highest BCUT2D eigenvalue weighted by Crippen LogP contribution is 2.17. The van der Waals surface area contributed by atoms with E-state index in [0.29, 0.717) is 5.92 Å². The molecule has 3 nitrogen and oxygen atoms in total. The second-order valence-corrected chi connectivity index (χ2v) is 3.90. The van der Waals surface area contributed by atoms with E-state index in [9.17, 15) is 0 Å². The van der Waals surface area contributed by atoms with Gasteiger partial charge in [0.2, 0.25) is 0 Å². The zero-order chi connectivity index (χ0) is 9.68. The first-order valence-electron chi connectivity index (χ1n) is 5.12. The monoisotopic (exact) mass is 188 g/mol. The van der Waals surface area contributed by atoms with E-state index in [1.165, 1.54) is 6.42 Å². The van der Waals surface area contributed by atoms with Crippen molar-refractivity contribution in [3.05, 3.63) is 0 Å². The predicted molar refractivity (Wildman–Crippen MR) is 50.4 cm³/mol. The number of hydrogen-bond donors (Lipinski definition) is 1. The smallest absolute Gasteiger partial charge is 0.158 e. The molecule has 1 saturated heterocycles. The maximum atomic E-state index is 9.05. The molecule has 2 atom stereocenters. The van der Waals surface area contributed by atoms with Gasteiger partial charge in [-0.15, -0.1) is 0 Å². The maximum absolute atomic E-state index is 9.05. The summed E-state index contributed by atoms with van der Waals surface area (Å²) >= 11 is 0. The first-order chi connectivity index (χ1) is 6.24. The van der Waals surface area contributed by atoms with Crippen LogP contribution in [0.1, 0.15) is 33.1 Å². The quantitative estimate of drug-likeness (QED) is 0.727. The molecular weight excluding hydrogens is 168 g/mol. The lowest BCUT2D eigenvalue weighted by Gasteiger charge is -2.28. The lowest BCUT2D eigenvalue weighted by molar-refractivity contribution is -0.203. The number of ether oxygens (including phenoxy) is 2. The van der Waals surface area contributed by atoms with E-state index in [1.54, 1.807) is 0 Å². The van der Waals surface area contributed by atoms with Crippen LogP contribution in [0.5, 0.6) is 0 Å². The zero-order valence-electron chi connectivity index (χ0n) is 8.53. The highest BCUT2D eigenvalue weighted by Gasteiger charge is 2.21. The Morgan fingerprint density at radius 1 is 1.46 bits per heavy atom. The fourth-order valence-electron chi connectivity index (χ4n) is 1.42. The Bertz CT molecular complexity index is 130. The summed E-state index contributed by atoms with van der Waals surface area (Å²) in [5, 5.41) is 9.05. The summed E-state index contributed by atoms with van der Waals surface area (Å²) in [5.74, 6) is 0.343. The summed E-state index contributed by atoms with van der Waals surface area (Å²) in [4.78, 5) is 0. The van der Waals surface area contributed by atoms with Gasteiger partial charge >= 0.3 is 0 Å². The molecule has 1 heterocycles. The van der Waals surface area contributed by atoms with Gasteiger partial charge in [-0.25, -0.2) is 0 Å². The largest absolute Gasteiger partial charge is 0.394 e. The van der Waals surface area contributed by atoms with Gasteiger partial charge in [0.05, 0.1) is 12.7 Å². The van der Waals surface area contributed by atoms with Crippen molar-refractivity contribution in [3.63, 3.8) is 0 Å². The van der Waals surface area contributed by atoms with Crippen molar-refractivity contribution >= 4 is 0 Å². The van der Waals surface area contributed by atoms with Crippen molar-refractivity contribution in [1.82, 2.24) is 0 Å². The minimum Gasteiger partial charge on any atom is -0.394 e. The molecule has 0 aromatic carbocycles. The van der Waals surface area contributed by atoms with Crippen LogP contribution in [-0.4, -0.2) is 30.7 Å². The van der Waals surface area contributed by atoms with Gasteiger partial charge < -0.3 is 14.6 Å². The number of hydrogen-bond acceptors (Lipinski definition) is 3. The van der Waals surface area contributed by atoms with Crippen molar-refractivity contribution in [2.75, 3.05) is 13.2 Å². The Balaban J connectivity index is 2.27. The molecule has 1 aliphatic heterocycles. The topological polar surface area (TPSA) is 38.7 Å². The normalized spacial score (nSPS) is 26.3. The molecule has 0 saturated carbocycles. The summed E-state index contributed by atoms with van der Waals surface area (Å²) in [5.41, 5.74) is 0. The van der Waals surface area contributed by atoms with Crippen LogP contribution in [0.3, 0.4) is 0 Å². The second-order valence-electron chi connectivity index (χ2n) is 3.90. The average Bonchev–Trinajstić information content (AvgIpc) is 2.15. The molecule has 0 bridgehead atoms. The number of aliphatic hydroxyl groups excluding tert-OH is 1. The molecule has 1 aliphatic rings. The van der Waals surface area contributed by atoms with E-state index in [4.69, 9.17) is 14.6 Å². The molecule has 1 fully saturated rings. The van der Waals surface area contributed by atoms with Gasteiger partial charge in [-0.2, -0.15) is 0 Å². The SMILES string of the molecule is CC(C)[C@@H](CO)O[C@H]1CCCCO1. The van der Waals surface area contributed by atoms with Crippen molar-refractivity contribution in [3.8, 4) is 0 Å². The average molecular weight is 188 g/mol. The molecule has 3 heteroatoms. The van der Waals surface area contributed by atoms with E-state index in [0.717, 1.165) is 19.4 Å². The number of rotatable bonds is 4. The van der Waals surface area contributed by atoms with Crippen molar-refractivity contribution < 1.29 is 14.6 Å². The Hall–Kier alpha value is -0.120. The molecule has 1 rings (SSSR count). The molecule has 0 radical (unpaired) electrons. The van der Waals surface area contributed by atoms with Gasteiger partial charge in [0.1, 0.15) is 0 Å². The van der Waals surface area contributed by atoms with Gasteiger partial charge in [0, 0.05) is 6.61 Å². The molecule has 0 aromatic heterocycles. The lowest BCUT2D eigenvalue weighted by atomic mass is 10.1. The highest BCUT2D eigenvalue weighted by atomic mass is 16.7. The Labute approximate surface area is 80.0 Å². The fraction of sp³-hybridized carbons (Fsp3) is 1.00. The van der Waals surface area contributed by atoms with Gasteiger partial charge in [-0.3, -0.25) is 0 Å². The second kappa shape index (κ2) is 5.58. The van der Waals surface area contributed by atoms with Gasteiger partial charge in [-0.05, 0) is 25.2 Å². The fourth-order valence-corrected chi connectivity index (χ4v) is 1.42. The minimum absolute atomic E-state index is 0.0805. The zero-order valence-corrected chi connectivity index (χ0v) is 8.53. The van der Waals surface area contributed by atoms with Crippen LogP contribution in [0.25, 0.3) is 0 Å². The molecule has 0 aliphatic carbocycles.